The van der Waals surface area contributed by atoms with Crippen molar-refractivity contribution in [3.05, 3.63) is 70.3 Å². The molecular weight excluding hydrogens is 300 g/mol. The van der Waals surface area contributed by atoms with E-state index in [0.717, 1.165) is 28.0 Å². The Labute approximate surface area is 140 Å². The van der Waals surface area contributed by atoms with Crippen molar-refractivity contribution in [3.63, 3.8) is 0 Å². The molecule has 0 aliphatic heterocycles. The number of aliphatic hydroxyl groups is 1. The molecule has 1 atom stereocenters. The Kier molecular flexibility index (Phi) is 4.63. The van der Waals surface area contributed by atoms with Gasteiger partial charge in [-0.25, -0.2) is 0 Å². The van der Waals surface area contributed by atoms with Crippen LogP contribution in [0.15, 0.2) is 52.9 Å². The van der Waals surface area contributed by atoms with Gasteiger partial charge in [-0.1, -0.05) is 43.3 Å². The molecule has 3 heteroatoms. The van der Waals surface area contributed by atoms with E-state index < -0.39 is 6.10 Å². The van der Waals surface area contributed by atoms with E-state index in [1.165, 1.54) is 0 Å². The molecule has 0 spiro atoms. The summed E-state index contributed by atoms with van der Waals surface area (Å²) in [5, 5.41) is 12.2. The monoisotopic (exact) mass is 320 g/mol. The summed E-state index contributed by atoms with van der Waals surface area (Å²) in [5.74, 6) is -0.313. The van der Waals surface area contributed by atoms with Gasteiger partial charge in [-0.05, 0) is 43.2 Å². The maximum Gasteiger partial charge on any atom is 0.195 e. The summed E-state index contributed by atoms with van der Waals surface area (Å²) < 4.78 is 5.85. The predicted octanol–water partition coefficient (Wildman–Crippen LogP) is 3.34. The number of ketones is 1. The average Bonchev–Trinajstić information content (AvgIpc) is 2.97. The zero-order chi connectivity index (χ0) is 17.1. The van der Waals surface area contributed by atoms with Crippen LogP contribution < -0.4 is 10.6 Å². The molecule has 0 radical (unpaired) electrons. The standard InChI is InChI=1S/C21H20O3/c1-3-8-18-16(4-2)17-13-15(11-12-19(17)24-18)21(23)20(22)14-9-6-5-7-10-14/h4-13,20,22H,3H2,1-2H3. The Hall–Kier alpha value is -2.65. The largest absolute Gasteiger partial charge is 0.456 e. The Bertz CT molecular complexity index is 981. The summed E-state index contributed by atoms with van der Waals surface area (Å²) >= 11 is 0. The molecule has 0 fully saturated rings. The lowest BCUT2D eigenvalue weighted by Gasteiger charge is -2.09. The van der Waals surface area contributed by atoms with Crippen LogP contribution in [0.2, 0.25) is 0 Å². The first-order valence-electron chi connectivity index (χ1n) is 8.12. The van der Waals surface area contributed by atoms with Crippen LogP contribution in [0, 0.1) is 0 Å². The molecule has 3 aromatic rings. The topological polar surface area (TPSA) is 50.4 Å². The smallest absolute Gasteiger partial charge is 0.195 e. The minimum Gasteiger partial charge on any atom is -0.456 e. The van der Waals surface area contributed by atoms with E-state index in [1.807, 2.05) is 37.3 Å². The van der Waals surface area contributed by atoms with Gasteiger partial charge in [0.2, 0.25) is 0 Å². The first kappa shape index (κ1) is 16.2. The van der Waals surface area contributed by atoms with Gasteiger partial charge < -0.3 is 9.52 Å². The second-order valence-corrected chi connectivity index (χ2v) is 5.67. The summed E-state index contributed by atoms with van der Waals surface area (Å²) in [6.07, 6.45) is 3.72. The maximum absolute atomic E-state index is 12.6. The molecule has 2 aromatic carbocycles. The van der Waals surface area contributed by atoms with Crippen molar-refractivity contribution in [2.45, 2.75) is 26.4 Å². The molecule has 0 bridgehead atoms. The van der Waals surface area contributed by atoms with Crippen molar-refractivity contribution in [2.24, 2.45) is 0 Å². The fourth-order valence-electron chi connectivity index (χ4n) is 2.87. The normalized spacial score (nSPS) is 14.3. The minimum absolute atomic E-state index is 0.313. The van der Waals surface area contributed by atoms with Crippen LogP contribution >= 0.6 is 0 Å². The molecular formula is C21H20O3. The SMILES string of the molecule is CC=c1c(=CCC)oc2ccc(C(=O)C(O)c3ccccc3)cc12. The van der Waals surface area contributed by atoms with E-state index in [1.54, 1.807) is 30.3 Å². The summed E-state index contributed by atoms with van der Waals surface area (Å²) in [6.45, 7) is 4.00. The fourth-order valence-corrected chi connectivity index (χ4v) is 2.87. The first-order valence-corrected chi connectivity index (χ1v) is 8.12. The van der Waals surface area contributed by atoms with Crippen LogP contribution in [0.1, 0.15) is 42.3 Å². The van der Waals surface area contributed by atoms with E-state index in [2.05, 4.69) is 6.92 Å². The quantitative estimate of drug-likeness (QED) is 0.750. The van der Waals surface area contributed by atoms with Crippen LogP contribution in [0.5, 0.6) is 0 Å². The van der Waals surface area contributed by atoms with Gasteiger partial charge in [0.1, 0.15) is 17.1 Å². The van der Waals surface area contributed by atoms with Gasteiger partial charge in [0.25, 0.3) is 0 Å². The van der Waals surface area contributed by atoms with E-state index in [-0.39, 0.29) is 5.78 Å². The second kappa shape index (κ2) is 6.85. The van der Waals surface area contributed by atoms with Crippen molar-refractivity contribution in [1.29, 1.82) is 0 Å². The molecule has 122 valence electrons. The molecule has 24 heavy (non-hydrogen) atoms. The molecule has 0 saturated carbocycles. The number of aliphatic hydroxyl groups excluding tert-OH is 1. The van der Waals surface area contributed by atoms with Gasteiger partial charge in [-0.15, -0.1) is 0 Å². The average molecular weight is 320 g/mol. The third-order valence-electron chi connectivity index (χ3n) is 4.08. The number of benzene rings is 2. The van der Waals surface area contributed by atoms with Gasteiger partial charge in [0.15, 0.2) is 5.78 Å². The van der Waals surface area contributed by atoms with Crippen molar-refractivity contribution >= 4 is 28.9 Å². The Balaban J connectivity index is 2.08. The van der Waals surface area contributed by atoms with Crippen LogP contribution in [0.25, 0.3) is 23.1 Å². The fraction of sp³-hybridized carbons (Fsp3) is 0.190. The molecule has 0 aliphatic carbocycles. The molecule has 3 rings (SSSR count). The highest BCUT2D eigenvalue weighted by Crippen LogP contribution is 2.20. The number of hydrogen-bond acceptors (Lipinski definition) is 3. The van der Waals surface area contributed by atoms with E-state index in [4.69, 9.17) is 4.42 Å². The molecule has 1 N–H and O–H groups in total. The lowest BCUT2D eigenvalue weighted by molar-refractivity contribution is 0.0747. The van der Waals surface area contributed by atoms with Crippen LogP contribution in [0.4, 0.5) is 0 Å². The summed E-state index contributed by atoms with van der Waals surface area (Å²) in [6, 6.07) is 14.3. The summed E-state index contributed by atoms with van der Waals surface area (Å²) in [5.41, 5.74) is 2.64. The molecule has 0 aliphatic rings. The van der Waals surface area contributed by atoms with Crippen molar-refractivity contribution in [1.82, 2.24) is 0 Å². The number of furan rings is 1. The van der Waals surface area contributed by atoms with Gasteiger partial charge in [0, 0.05) is 16.2 Å². The number of hydrogen-bond donors (Lipinski definition) is 1. The number of rotatable bonds is 4. The van der Waals surface area contributed by atoms with E-state index in [9.17, 15) is 9.90 Å². The van der Waals surface area contributed by atoms with E-state index in [0.29, 0.717) is 11.1 Å². The second-order valence-electron chi connectivity index (χ2n) is 5.67. The van der Waals surface area contributed by atoms with Crippen molar-refractivity contribution in [2.75, 3.05) is 0 Å². The predicted molar refractivity (Wildman–Crippen MR) is 96.1 cm³/mol. The Morgan fingerprint density at radius 2 is 1.96 bits per heavy atom. The van der Waals surface area contributed by atoms with E-state index >= 15 is 0 Å². The van der Waals surface area contributed by atoms with Gasteiger partial charge in [-0.2, -0.15) is 0 Å². The van der Waals surface area contributed by atoms with Gasteiger partial charge >= 0.3 is 0 Å². The number of carbonyl (C=O) groups excluding carboxylic acids is 1. The Morgan fingerprint density at radius 1 is 1.21 bits per heavy atom. The third-order valence-corrected chi connectivity index (χ3v) is 4.08. The molecule has 1 aromatic heterocycles. The van der Waals surface area contributed by atoms with Gasteiger partial charge in [0.05, 0.1) is 0 Å². The summed E-state index contributed by atoms with van der Waals surface area (Å²) in [7, 11) is 0. The van der Waals surface area contributed by atoms with Crippen LogP contribution in [0.3, 0.4) is 0 Å². The minimum atomic E-state index is -1.16. The Morgan fingerprint density at radius 3 is 2.62 bits per heavy atom. The molecule has 1 heterocycles. The number of carbonyl (C=O) groups is 1. The van der Waals surface area contributed by atoms with Crippen molar-refractivity contribution in [3.8, 4) is 0 Å². The zero-order valence-electron chi connectivity index (χ0n) is 13.8. The summed E-state index contributed by atoms with van der Waals surface area (Å²) in [4.78, 5) is 12.6. The zero-order valence-corrected chi connectivity index (χ0v) is 13.8. The van der Waals surface area contributed by atoms with Gasteiger partial charge in [-0.3, -0.25) is 4.79 Å². The molecule has 3 nitrogen and oxygen atoms in total. The van der Waals surface area contributed by atoms with Crippen molar-refractivity contribution < 1.29 is 14.3 Å². The molecule has 0 amide bonds. The highest BCUT2D eigenvalue weighted by molar-refractivity contribution is 6.02. The lowest BCUT2D eigenvalue weighted by atomic mass is 9.99. The first-order chi connectivity index (χ1) is 11.7. The molecule has 1 unspecified atom stereocenters. The van der Waals surface area contributed by atoms with Crippen LogP contribution in [-0.4, -0.2) is 10.9 Å². The highest BCUT2D eigenvalue weighted by Gasteiger charge is 2.19. The third kappa shape index (κ3) is 2.91. The number of Topliss-reactive ketones (excluding diaryl/α,β-unsaturated/α-hetero) is 1. The molecule has 0 saturated heterocycles. The highest BCUT2D eigenvalue weighted by atomic mass is 16.3. The number of fused-ring (bicyclic) bond motifs is 1. The maximum atomic E-state index is 12.6. The lowest BCUT2D eigenvalue weighted by Crippen LogP contribution is -2.19. The van der Waals surface area contributed by atoms with Crippen LogP contribution in [-0.2, 0) is 0 Å².